The molecular weight excluding hydrogens is 376 g/mol. The maximum atomic E-state index is 5.70. The second-order valence-corrected chi connectivity index (χ2v) is 8.27. The van der Waals surface area contributed by atoms with Gasteiger partial charge in [-0.3, -0.25) is 0 Å². The van der Waals surface area contributed by atoms with Gasteiger partial charge in [-0.25, -0.2) is 9.67 Å². The molecular formula is C23H32N6O. The highest BCUT2D eigenvalue weighted by atomic mass is 16.5. The summed E-state index contributed by atoms with van der Waals surface area (Å²) in [5.74, 6) is 0. The number of aromatic nitrogens is 3. The summed E-state index contributed by atoms with van der Waals surface area (Å²) < 4.78 is 7.59. The fraction of sp³-hybridized carbons (Fsp3) is 0.478. The highest BCUT2D eigenvalue weighted by molar-refractivity contribution is 5.92. The molecule has 7 heteroatoms. The van der Waals surface area contributed by atoms with Crippen LogP contribution in [0.4, 0.5) is 5.69 Å². The van der Waals surface area contributed by atoms with Gasteiger partial charge in [-0.15, -0.1) is 0 Å². The van der Waals surface area contributed by atoms with Crippen LogP contribution in [0.15, 0.2) is 36.5 Å². The zero-order valence-corrected chi connectivity index (χ0v) is 18.2. The molecule has 3 heterocycles. The van der Waals surface area contributed by atoms with E-state index in [0.29, 0.717) is 6.54 Å². The number of pyridine rings is 1. The van der Waals surface area contributed by atoms with Crippen molar-refractivity contribution >= 4 is 16.7 Å². The van der Waals surface area contributed by atoms with E-state index in [0.717, 1.165) is 61.7 Å². The average molecular weight is 409 g/mol. The summed E-state index contributed by atoms with van der Waals surface area (Å²) >= 11 is 0. The van der Waals surface area contributed by atoms with E-state index >= 15 is 0 Å². The van der Waals surface area contributed by atoms with Crippen LogP contribution in [0.3, 0.4) is 0 Å². The topological polar surface area (TPSA) is 72.4 Å². The zero-order chi connectivity index (χ0) is 21.1. The molecule has 1 aliphatic rings. The van der Waals surface area contributed by atoms with Crippen molar-refractivity contribution in [1.82, 2.24) is 19.7 Å². The first kappa shape index (κ1) is 20.8. The Balaban J connectivity index is 1.78. The molecule has 2 N–H and O–H groups in total. The number of nitrogens with two attached hydrogens (primary N) is 1. The minimum atomic E-state index is 0.249. The Morgan fingerprint density at radius 3 is 2.73 bits per heavy atom. The summed E-state index contributed by atoms with van der Waals surface area (Å²) in [7, 11) is 2.10. The first-order valence-corrected chi connectivity index (χ1v) is 10.8. The Bertz CT molecular complexity index is 993. The number of ether oxygens (including phenoxy) is 1. The number of nitrogens with zero attached hydrogens (tertiary/aromatic N) is 5. The summed E-state index contributed by atoms with van der Waals surface area (Å²) in [6, 6.07) is 11.1. The Labute approximate surface area is 178 Å². The average Bonchev–Trinajstić information content (AvgIpc) is 3.18. The highest BCUT2D eigenvalue weighted by Gasteiger charge is 2.20. The Morgan fingerprint density at radius 1 is 1.20 bits per heavy atom. The molecule has 1 aliphatic heterocycles. The lowest BCUT2D eigenvalue weighted by molar-refractivity contribution is 0.123. The number of hydrogen-bond donors (Lipinski definition) is 1. The minimum absolute atomic E-state index is 0.249. The molecule has 1 saturated heterocycles. The molecule has 0 spiro atoms. The number of fused-ring (bicyclic) bond motifs is 1. The first-order valence-electron chi connectivity index (χ1n) is 10.8. The monoisotopic (exact) mass is 408 g/mol. The highest BCUT2D eigenvalue weighted by Crippen LogP contribution is 2.32. The summed E-state index contributed by atoms with van der Waals surface area (Å²) in [5.41, 5.74) is 11.2. The van der Waals surface area contributed by atoms with E-state index in [1.54, 1.807) is 0 Å². The lowest BCUT2D eigenvalue weighted by Crippen LogP contribution is -2.36. The van der Waals surface area contributed by atoms with Gasteiger partial charge in [0, 0.05) is 44.3 Å². The third kappa shape index (κ3) is 4.33. The molecule has 0 bridgehead atoms. The van der Waals surface area contributed by atoms with Crippen molar-refractivity contribution < 1.29 is 4.74 Å². The van der Waals surface area contributed by atoms with E-state index in [1.165, 1.54) is 11.3 Å². The third-order valence-electron chi connectivity index (χ3n) is 5.57. The van der Waals surface area contributed by atoms with Gasteiger partial charge in [0.2, 0.25) is 0 Å². The van der Waals surface area contributed by atoms with E-state index in [-0.39, 0.29) is 6.04 Å². The Hall–Kier alpha value is -2.48. The van der Waals surface area contributed by atoms with Crippen LogP contribution in [0.2, 0.25) is 0 Å². The maximum absolute atomic E-state index is 5.70. The van der Waals surface area contributed by atoms with Crippen molar-refractivity contribution in [3.63, 3.8) is 0 Å². The van der Waals surface area contributed by atoms with Crippen molar-refractivity contribution in [2.24, 2.45) is 5.73 Å². The molecule has 1 fully saturated rings. The van der Waals surface area contributed by atoms with Crippen LogP contribution in [0.5, 0.6) is 0 Å². The SMILES string of the molecule is CC(C)n1ncc2c(N3CCOCC3)cc(-c3cccc(CN(C)CCN)c3)nc21. The van der Waals surface area contributed by atoms with Gasteiger partial charge in [-0.05, 0) is 38.6 Å². The van der Waals surface area contributed by atoms with E-state index in [4.69, 9.17) is 15.5 Å². The molecule has 0 saturated carbocycles. The number of hydrogen-bond acceptors (Lipinski definition) is 6. The van der Waals surface area contributed by atoms with Crippen molar-refractivity contribution in [2.75, 3.05) is 51.3 Å². The fourth-order valence-corrected chi connectivity index (χ4v) is 4.03. The minimum Gasteiger partial charge on any atom is -0.378 e. The normalized spacial score (nSPS) is 14.9. The summed E-state index contributed by atoms with van der Waals surface area (Å²) in [6.45, 7) is 9.96. The molecule has 0 amide bonds. The smallest absolute Gasteiger partial charge is 0.160 e. The largest absolute Gasteiger partial charge is 0.378 e. The summed E-state index contributed by atoms with van der Waals surface area (Å²) in [5, 5.41) is 5.75. The van der Waals surface area contributed by atoms with Crippen molar-refractivity contribution in [2.45, 2.75) is 26.4 Å². The standard InChI is InChI=1S/C23H32N6O/c1-17(2)29-23-20(15-25-29)22(28-9-11-30-12-10-28)14-21(26-23)19-6-4-5-18(13-19)16-27(3)8-7-24/h4-6,13-15,17H,7-12,16,24H2,1-3H3. The molecule has 1 aromatic carbocycles. The number of likely N-dealkylation sites (N-methyl/N-ethyl adjacent to an activating group) is 1. The summed E-state index contributed by atoms with van der Waals surface area (Å²) in [4.78, 5) is 9.68. The molecule has 0 atom stereocenters. The molecule has 0 unspecified atom stereocenters. The molecule has 3 aromatic rings. The van der Waals surface area contributed by atoms with Gasteiger partial charge < -0.3 is 20.3 Å². The third-order valence-corrected chi connectivity index (χ3v) is 5.57. The second kappa shape index (κ2) is 9.12. The lowest BCUT2D eigenvalue weighted by Gasteiger charge is -2.29. The van der Waals surface area contributed by atoms with Crippen molar-refractivity contribution in [1.29, 1.82) is 0 Å². The number of anilines is 1. The molecule has 160 valence electrons. The second-order valence-electron chi connectivity index (χ2n) is 8.27. The van der Waals surface area contributed by atoms with Gasteiger partial charge in [0.25, 0.3) is 0 Å². The predicted octanol–water partition coefficient (Wildman–Crippen LogP) is 2.91. The molecule has 7 nitrogen and oxygen atoms in total. The molecule has 4 rings (SSSR count). The van der Waals surface area contributed by atoms with E-state index in [9.17, 15) is 0 Å². The van der Waals surface area contributed by atoms with Gasteiger partial charge in [0.1, 0.15) is 0 Å². The van der Waals surface area contributed by atoms with Crippen LogP contribution in [0.25, 0.3) is 22.3 Å². The van der Waals surface area contributed by atoms with Crippen molar-refractivity contribution in [3.8, 4) is 11.3 Å². The van der Waals surface area contributed by atoms with Gasteiger partial charge in [-0.2, -0.15) is 5.10 Å². The van der Waals surface area contributed by atoms with Crippen LogP contribution >= 0.6 is 0 Å². The van der Waals surface area contributed by atoms with Crippen LogP contribution in [0, 0.1) is 0 Å². The molecule has 2 aromatic heterocycles. The van der Waals surface area contributed by atoms with Gasteiger partial charge in [0.15, 0.2) is 5.65 Å². The van der Waals surface area contributed by atoms with Gasteiger partial charge in [0.05, 0.1) is 36.2 Å². The number of morpholine rings is 1. The number of rotatable bonds is 7. The van der Waals surface area contributed by atoms with Crippen molar-refractivity contribution in [3.05, 3.63) is 42.1 Å². The predicted molar refractivity (Wildman–Crippen MR) is 122 cm³/mol. The van der Waals surface area contributed by atoms with E-state index in [2.05, 4.69) is 66.1 Å². The van der Waals surface area contributed by atoms with Crippen LogP contribution in [-0.2, 0) is 11.3 Å². The molecule has 30 heavy (non-hydrogen) atoms. The van der Waals surface area contributed by atoms with E-state index < -0.39 is 0 Å². The fourth-order valence-electron chi connectivity index (χ4n) is 4.03. The van der Waals surface area contributed by atoms with Gasteiger partial charge in [-0.1, -0.05) is 18.2 Å². The quantitative estimate of drug-likeness (QED) is 0.648. The lowest BCUT2D eigenvalue weighted by atomic mass is 10.1. The van der Waals surface area contributed by atoms with E-state index in [1.807, 2.05) is 10.9 Å². The first-order chi connectivity index (χ1) is 14.6. The number of benzene rings is 1. The zero-order valence-electron chi connectivity index (χ0n) is 18.2. The Kier molecular flexibility index (Phi) is 6.32. The van der Waals surface area contributed by atoms with Crippen LogP contribution in [-0.4, -0.2) is 66.1 Å². The summed E-state index contributed by atoms with van der Waals surface area (Å²) in [6.07, 6.45) is 1.95. The maximum Gasteiger partial charge on any atom is 0.160 e. The Morgan fingerprint density at radius 2 is 2.00 bits per heavy atom. The molecule has 0 radical (unpaired) electrons. The van der Waals surface area contributed by atoms with Gasteiger partial charge >= 0.3 is 0 Å². The molecule has 0 aliphatic carbocycles. The van der Waals surface area contributed by atoms with Crippen LogP contribution < -0.4 is 10.6 Å². The van der Waals surface area contributed by atoms with Crippen LogP contribution in [0.1, 0.15) is 25.5 Å².